The van der Waals surface area contributed by atoms with Crippen molar-refractivity contribution in [1.82, 2.24) is 16.3 Å². The summed E-state index contributed by atoms with van der Waals surface area (Å²) in [5, 5.41) is 2.56. The Balaban J connectivity index is 1.67. The lowest BCUT2D eigenvalue weighted by Crippen LogP contribution is -2.48. The van der Waals surface area contributed by atoms with Gasteiger partial charge in [-0.05, 0) is 37.9 Å². The molecule has 0 radical (unpaired) electrons. The summed E-state index contributed by atoms with van der Waals surface area (Å²) in [7, 11) is 0. The Morgan fingerprint density at radius 3 is 2.56 bits per heavy atom. The highest BCUT2D eigenvalue weighted by Crippen LogP contribution is 2.23. The van der Waals surface area contributed by atoms with Crippen molar-refractivity contribution in [2.75, 3.05) is 6.61 Å². The van der Waals surface area contributed by atoms with Gasteiger partial charge in [-0.3, -0.25) is 19.9 Å². The minimum Gasteiger partial charge on any atom is -0.301 e. The first-order valence-corrected chi connectivity index (χ1v) is 9.05. The van der Waals surface area contributed by atoms with Crippen LogP contribution in [0, 0.1) is 11.8 Å². The van der Waals surface area contributed by atoms with Crippen LogP contribution in [0.2, 0.25) is 0 Å². The lowest BCUT2D eigenvalue weighted by molar-refractivity contribution is -0.121. The van der Waals surface area contributed by atoms with E-state index in [2.05, 4.69) is 16.3 Å². The summed E-state index contributed by atoms with van der Waals surface area (Å²) in [4.78, 5) is 29.7. The highest BCUT2D eigenvalue weighted by molar-refractivity contribution is 7.80. The predicted octanol–water partition coefficient (Wildman–Crippen LogP) is 2.51. The average molecular weight is 363 g/mol. The van der Waals surface area contributed by atoms with E-state index in [1.807, 2.05) is 6.07 Å². The summed E-state index contributed by atoms with van der Waals surface area (Å²) in [6, 6.07) is 8.71. The third-order valence-corrected chi connectivity index (χ3v) is 4.57. The van der Waals surface area contributed by atoms with E-state index >= 15 is 0 Å². The fourth-order valence-electron chi connectivity index (χ4n) is 2.82. The summed E-state index contributed by atoms with van der Waals surface area (Å²) >= 11 is 5.03. The van der Waals surface area contributed by atoms with Gasteiger partial charge in [0.2, 0.25) is 5.91 Å². The number of Topliss-reactive ketones (excluding diaryl/α,β-unsaturated/α-hetero) is 1. The van der Waals surface area contributed by atoms with Gasteiger partial charge in [0.1, 0.15) is 0 Å². The molecule has 25 heavy (non-hydrogen) atoms. The van der Waals surface area contributed by atoms with Gasteiger partial charge < -0.3 is 5.32 Å². The molecule has 1 unspecified atom stereocenters. The summed E-state index contributed by atoms with van der Waals surface area (Å²) in [6.07, 6.45) is 6.18. The fourth-order valence-corrected chi connectivity index (χ4v) is 2.96. The molecule has 2 rings (SSSR count). The molecule has 0 spiro atoms. The summed E-state index contributed by atoms with van der Waals surface area (Å²) in [5.74, 6) is -0.970. The van der Waals surface area contributed by atoms with E-state index in [-0.39, 0.29) is 10.9 Å². The number of carbonyl (C=O) groups excluding carboxylic acids is 2. The molecule has 0 aromatic heterocycles. The average Bonchev–Trinajstić information content (AvgIpc) is 2.65. The van der Waals surface area contributed by atoms with Gasteiger partial charge >= 0.3 is 0 Å². The van der Waals surface area contributed by atoms with E-state index in [0.717, 1.165) is 0 Å². The van der Waals surface area contributed by atoms with Crippen molar-refractivity contribution in [1.29, 1.82) is 0 Å². The van der Waals surface area contributed by atoms with Crippen molar-refractivity contribution in [2.24, 2.45) is 11.8 Å². The van der Waals surface area contributed by atoms with Crippen LogP contribution in [-0.2, 0) is 9.63 Å². The van der Waals surface area contributed by atoms with Gasteiger partial charge in [-0.1, -0.05) is 49.6 Å². The topological polar surface area (TPSA) is 79.5 Å². The molecule has 136 valence electrons. The smallest absolute Gasteiger partial charge is 0.236 e. The third kappa shape index (κ3) is 6.53. The number of ketones is 1. The highest BCUT2D eigenvalue weighted by Gasteiger charge is 2.23. The molecule has 6 nitrogen and oxygen atoms in total. The third-order valence-electron chi connectivity index (χ3n) is 4.36. The maximum absolute atomic E-state index is 12.2. The highest BCUT2D eigenvalue weighted by atomic mass is 32.1. The van der Waals surface area contributed by atoms with Gasteiger partial charge in [0.05, 0.1) is 12.5 Å². The first kappa shape index (κ1) is 19.5. The van der Waals surface area contributed by atoms with Crippen LogP contribution in [0.5, 0.6) is 0 Å². The predicted molar refractivity (Wildman–Crippen MR) is 99.5 cm³/mol. The standard InChI is InChI=1S/C18H25N3O3S/c1-13(16(22)15-10-6-3-7-11-15)17(23)19-18(25)20-21-24-12-14-8-4-2-5-9-14/h3,6-7,10-11,13-14,21H,2,4-5,8-9,12H2,1H3,(H2,19,20,23,25). The van der Waals surface area contributed by atoms with Crippen LogP contribution in [0.4, 0.5) is 0 Å². The van der Waals surface area contributed by atoms with E-state index in [4.69, 9.17) is 17.1 Å². The molecular formula is C18H25N3O3S. The van der Waals surface area contributed by atoms with E-state index in [1.54, 1.807) is 31.2 Å². The second kappa shape index (κ2) is 10.2. The first-order valence-electron chi connectivity index (χ1n) is 8.65. The Morgan fingerprint density at radius 1 is 1.20 bits per heavy atom. The minimum atomic E-state index is -0.828. The number of rotatable bonds is 7. The molecule has 1 amide bonds. The van der Waals surface area contributed by atoms with Crippen LogP contribution >= 0.6 is 12.2 Å². The van der Waals surface area contributed by atoms with Crippen molar-refractivity contribution in [3.8, 4) is 0 Å². The van der Waals surface area contributed by atoms with Gasteiger partial charge in [-0.25, -0.2) is 0 Å². The van der Waals surface area contributed by atoms with Crippen molar-refractivity contribution in [3.63, 3.8) is 0 Å². The Morgan fingerprint density at radius 2 is 1.88 bits per heavy atom. The normalized spacial score (nSPS) is 16.0. The molecule has 0 saturated heterocycles. The molecule has 7 heteroatoms. The number of hydrogen-bond acceptors (Lipinski definition) is 5. The number of hydrazine groups is 1. The first-order chi connectivity index (χ1) is 12.1. The summed E-state index contributed by atoms with van der Waals surface area (Å²) in [5.41, 5.74) is 5.65. The van der Waals surface area contributed by atoms with Crippen molar-refractivity contribution in [2.45, 2.75) is 39.0 Å². The van der Waals surface area contributed by atoms with Crippen LogP contribution in [-0.4, -0.2) is 23.4 Å². The molecule has 1 aromatic rings. The Kier molecular flexibility index (Phi) is 7.97. The second-order valence-corrected chi connectivity index (χ2v) is 6.72. The monoisotopic (exact) mass is 363 g/mol. The maximum atomic E-state index is 12.2. The minimum absolute atomic E-state index is 0.0707. The summed E-state index contributed by atoms with van der Waals surface area (Å²) < 4.78 is 0. The zero-order chi connectivity index (χ0) is 18.1. The molecule has 0 heterocycles. The summed E-state index contributed by atoms with van der Waals surface area (Å²) in [6.45, 7) is 2.16. The van der Waals surface area contributed by atoms with Gasteiger partial charge in [-0.15, -0.1) is 5.59 Å². The van der Waals surface area contributed by atoms with Gasteiger partial charge in [0.25, 0.3) is 0 Å². The number of hydrogen-bond donors (Lipinski definition) is 3. The van der Waals surface area contributed by atoms with Crippen molar-refractivity contribution >= 4 is 29.0 Å². The Bertz CT molecular complexity index is 588. The van der Waals surface area contributed by atoms with Crippen LogP contribution < -0.4 is 16.3 Å². The van der Waals surface area contributed by atoms with Crippen molar-refractivity contribution < 1.29 is 14.4 Å². The molecule has 1 atom stereocenters. The second-order valence-electron chi connectivity index (χ2n) is 6.31. The van der Waals surface area contributed by atoms with Crippen molar-refractivity contribution in [3.05, 3.63) is 35.9 Å². The Labute approximate surface area is 153 Å². The van der Waals surface area contributed by atoms with Crippen LogP contribution in [0.15, 0.2) is 30.3 Å². The number of thiocarbonyl (C=S) groups is 1. The zero-order valence-corrected chi connectivity index (χ0v) is 15.2. The van der Waals surface area contributed by atoms with E-state index in [1.165, 1.54) is 32.1 Å². The van der Waals surface area contributed by atoms with Gasteiger partial charge in [-0.2, -0.15) is 0 Å². The van der Waals surface area contributed by atoms with Crippen LogP contribution in [0.1, 0.15) is 49.4 Å². The van der Waals surface area contributed by atoms with E-state index in [9.17, 15) is 9.59 Å². The molecule has 1 fully saturated rings. The molecule has 1 aliphatic rings. The molecule has 1 saturated carbocycles. The van der Waals surface area contributed by atoms with Gasteiger partial charge in [0, 0.05) is 5.56 Å². The molecule has 0 bridgehead atoms. The van der Waals surface area contributed by atoms with Gasteiger partial charge in [0.15, 0.2) is 10.9 Å². The number of nitrogens with one attached hydrogen (secondary N) is 3. The fraction of sp³-hybridized carbons (Fsp3) is 0.500. The van der Waals surface area contributed by atoms with E-state index in [0.29, 0.717) is 18.1 Å². The lowest BCUT2D eigenvalue weighted by Gasteiger charge is -2.21. The zero-order valence-electron chi connectivity index (χ0n) is 14.4. The molecule has 1 aliphatic carbocycles. The Hall–Kier alpha value is -1.83. The van der Waals surface area contributed by atoms with Crippen LogP contribution in [0.3, 0.4) is 0 Å². The molecule has 3 N–H and O–H groups in total. The SMILES string of the molecule is CC(C(=O)NC(=S)NNOCC1CCCCC1)C(=O)c1ccccc1. The van der Waals surface area contributed by atoms with Crippen LogP contribution in [0.25, 0.3) is 0 Å². The number of amides is 1. The maximum Gasteiger partial charge on any atom is 0.236 e. The largest absolute Gasteiger partial charge is 0.301 e. The number of carbonyl (C=O) groups is 2. The molecular weight excluding hydrogens is 338 g/mol. The lowest BCUT2D eigenvalue weighted by atomic mass is 9.90. The number of benzene rings is 1. The molecule has 0 aliphatic heterocycles. The quantitative estimate of drug-likeness (QED) is 0.227. The van der Waals surface area contributed by atoms with E-state index < -0.39 is 11.8 Å². The molecule has 1 aromatic carbocycles.